The summed E-state index contributed by atoms with van der Waals surface area (Å²) in [6.07, 6.45) is 10.2. The Kier molecular flexibility index (Phi) is 5.91. The largest absolute Gasteiger partial charge is 0.373 e. The van der Waals surface area contributed by atoms with Crippen molar-refractivity contribution in [2.24, 2.45) is 0 Å². The smallest absolute Gasteiger partial charge is 0.181 e. The van der Waals surface area contributed by atoms with Gasteiger partial charge in [-0.3, -0.25) is 20.1 Å². The third-order valence-electron chi connectivity index (χ3n) is 6.68. The minimum Gasteiger partial charge on any atom is -0.373 e. The molecule has 4 N–H and O–H groups in total. The van der Waals surface area contributed by atoms with Crippen LogP contribution in [-0.4, -0.2) is 51.4 Å². The topological polar surface area (TPSA) is 141 Å². The van der Waals surface area contributed by atoms with Crippen molar-refractivity contribution in [1.29, 1.82) is 0 Å². The molecule has 7 aromatic rings. The summed E-state index contributed by atoms with van der Waals surface area (Å²) in [6.45, 7) is 0. The zero-order valence-corrected chi connectivity index (χ0v) is 21.2. The number of aromatic nitrogens is 8. The molecule has 1 atom stereocenters. The second kappa shape index (κ2) is 10.0. The van der Waals surface area contributed by atoms with Gasteiger partial charge in [0.1, 0.15) is 17.4 Å². The van der Waals surface area contributed by atoms with E-state index < -0.39 is 6.23 Å². The highest BCUT2D eigenvalue weighted by Gasteiger charge is 2.17. The van der Waals surface area contributed by atoms with Gasteiger partial charge in [0, 0.05) is 54.1 Å². The molecule has 0 radical (unpaired) electrons. The lowest BCUT2D eigenvalue weighted by molar-refractivity contribution is 0.204. The number of aliphatic hydroxyl groups excluding tert-OH is 1. The molecule has 1 aromatic carbocycles. The number of imidazole rings is 1. The molecule has 7 rings (SSSR count). The van der Waals surface area contributed by atoms with Crippen LogP contribution in [0.5, 0.6) is 0 Å². The fourth-order valence-electron chi connectivity index (χ4n) is 4.77. The van der Waals surface area contributed by atoms with E-state index in [0.717, 1.165) is 50.1 Å². The molecule has 10 heteroatoms. The lowest BCUT2D eigenvalue weighted by Crippen LogP contribution is -2.21. The van der Waals surface area contributed by atoms with Gasteiger partial charge < -0.3 is 15.4 Å². The number of nitrogens with one attached hydrogen (secondary N) is 3. The average Bonchev–Trinajstić information content (AvgIpc) is 3.62. The zero-order chi connectivity index (χ0) is 26.9. The average molecular weight is 526 g/mol. The number of rotatable bonds is 7. The van der Waals surface area contributed by atoms with Gasteiger partial charge >= 0.3 is 0 Å². The van der Waals surface area contributed by atoms with E-state index in [-0.39, 0.29) is 0 Å². The van der Waals surface area contributed by atoms with E-state index in [0.29, 0.717) is 23.6 Å². The first-order valence-corrected chi connectivity index (χ1v) is 12.7. The molecule has 0 saturated carbocycles. The number of pyridine rings is 4. The Balaban J connectivity index is 1.21. The minimum absolute atomic E-state index is 0.479. The van der Waals surface area contributed by atoms with Gasteiger partial charge in [-0.2, -0.15) is 5.10 Å². The number of fused-ring (bicyclic) bond motifs is 2. The Morgan fingerprint density at radius 2 is 1.68 bits per heavy atom. The van der Waals surface area contributed by atoms with Gasteiger partial charge in [0.05, 0.1) is 28.5 Å². The van der Waals surface area contributed by atoms with Crippen molar-refractivity contribution in [3.63, 3.8) is 0 Å². The first kappa shape index (κ1) is 23.6. The summed E-state index contributed by atoms with van der Waals surface area (Å²) in [4.78, 5) is 25.9. The molecule has 0 fully saturated rings. The molecule has 0 amide bonds. The second-order valence-electron chi connectivity index (χ2n) is 9.38. The minimum atomic E-state index is -0.750. The number of benzene rings is 1. The first-order valence-electron chi connectivity index (χ1n) is 12.7. The van der Waals surface area contributed by atoms with Crippen LogP contribution in [0.2, 0.25) is 0 Å². The van der Waals surface area contributed by atoms with Crippen molar-refractivity contribution in [3.05, 3.63) is 103 Å². The van der Waals surface area contributed by atoms with E-state index in [2.05, 4.69) is 40.4 Å². The fraction of sp³-hybridized carbons (Fsp3) is 0.0667. The van der Waals surface area contributed by atoms with Crippen LogP contribution in [-0.2, 0) is 6.42 Å². The summed E-state index contributed by atoms with van der Waals surface area (Å²) in [5.41, 5.74) is 8.10. The summed E-state index contributed by atoms with van der Waals surface area (Å²) >= 11 is 0. The number of H-pyrrole nitrogens is 2. The number of nitrogens with zero attached hydrogens (tertiary/aromatic N) is 6. The summed E-state index contributed by atoms with van der Waals surface area (Å²) in [6, 6.07) is 19.5. The molecule has 0 aliphatic heterocycles. The van der Waals surface area contributed by atoms with Crippen LogP contribution in [0.3, 0.4) is 0 Å². The standard InChI is InChI=1S/C30H23N9O/c40-25(12-18-4-2-1-3-5-18)35-22-13-20(15-32-17-22)21-14-23-27(38-39-29(23)34-16-21)30-36-24-8-11-33-26(28(24)37-30)19-6-9-31-10-7-19/h1-11,13-17,25,35,40H,12H2,(H,36,37)(H,34,38,39). The van der Waals surface area contributed by atoms with Crippen LogP contribution in [0.4, 0.5) is 5.69 Å². The monoisotopic (exact) mass is 525 g/mol. The van der Waals surface area contributed by atoms with Crippen molar-refractivity contribution >= 4 is 27.8 Å². The lowest BCUT2D eigenvalue weighted by atomic mass is 10.1. The van der Waals surface area contributed by atoms with Gasteiger partial charge in [-0.15, -0.1) is 0 Å². The van der Waals surface area contributed by atoms with Crippen molar-refractivity contribution in [1.82, 2.24) is 40.1 Å². The van der Waals surface area contributed by atoms with Gasteiger partial charge in [-0.25, -0.2) is 9.97 Å². The molecule has 0 saturated heterocycles. The molecule has 6 heterocycles. The SMILES string of the molecule is OC(Cc1ccccc1)Nc1cncc(-c2cnc3n[nH]c(-c4nc5c(-c6ccncc6)nccc5[nH]4)c3c2)c1. The van der Waals surface area contributed by atoms with Gasteiger partial charge in [0.2, 0.25) is 0 Å². The van der Waals surface area contributed by atoms with Gasteiger partial charge in [-0.05, 0) is 35.9 Å². The third-order valence-corrected chi connectivity index (χ3v) is 6.68. The summed E-state index contributed by atoms with van der Waals surface area (Å²) in [5, 5.41) is 22.0. The van der Waals surface area contributed by atoms with E-state index in [4.69, 9.17) is 4.98 Å². The molecule has 1 unspecified atom stereocenters. The fourth-order valence-corrected chi connectivity index (χ4v) is 4.77. The highest BCUT2D eigenvalue weighted by molar-refractivity contribution is 5.96. The second-order valence-corrected chi connectivity index (χ2v) is 9.38. The van der Waals surface area contributed by atoms with E-state index in [9.17, 15) is 5.11 Å². The van der Waals surface area contributed by atoms with Crippen molar-refractivity contribution < 1.29 is 5.11 Å². The summed E-state index contributed by atoms with van der Waals surface area (Å²) < 4.78 is 0. The van der Waals surface area contributed by atoms with Crippen LogP contribution >= 0.6 is 0 Å². The maximum Gasteiger partial charge on any atom is 0.181 e. The number of hydrogen-bond donors (Lipinski definition) is 4. The Labute approximate surface area is 228 Å². The molecule has 0 spiro atoms. The van der Waals surface area contributed by atoms with Gasteiger partial charge in [-0.1, -0.05) is 30.3 Å². The Hall–Kier alpha value is -5.48. The van der Waals surface area contributed by atoms with E-state index in [1.54, 1.807) is 37.2 Å². The van der Waals surface area contributed by atoms with E-state index in [1.165, 1.54) is 0 Å². The summed E-state index contributed by atoms with van der Waals surface area (Å²) in [7, 11) is 0. The van der Waals surface area contributed by atoms with Crippen molar-refractivity contribution in [2.45, 2.75) is 12.6 Å². The quantitative estimate of drug-likeness (QED) is 0.213. The molecular weight excluding hydrogens is 502 g/mol. The highest BCUT2D eigenvalue weighted by Crippen LogP contribution is 2.31. The van der Waals surface area contributed by atoms with Gasteiger partial charge in [0.25, 0.3) is 0 Å². The van der Waals surface area contributed by atoms with Crippen LogP contribution in [0, 0.1) is 0 Å². The zero-order valence-electron chi connectivity index (χ0n) is 21.2. The molecule has 194 valence electrons. The molecule has 0 aliphatic carbocycles. The Bertz CT molecular complexity index is 1930. The number of aromatic amines is 2. The number of anilines is 1. The third kappa shape index (κ3) is 4.52. The molecule has 6 aromatic heterocycles. The Morgan fingerprint density at radius 3 is 2.55 bits per heavy atom. The molecule has 0 bridgehead atoms. The van der Waals surface area contributed by atoms with E-state index >= 15 is 0 Å². The number of hydrogen-bond acceptors (Lipinski definition) is 8. The van der Waals surface area contributed by atoms with Crippen LogP contribution in [0.1, 0.15) is 5.56 Å². The van der Waals surface area contributed by atoms with Crippen LogP contribution in [0.15, 0.2) is 97.8 Å². The van der Waals surface area contributed by atoms with Gasteiger partial charge in [0.15, 0.2) is 11.5 Å². The number of aliphatic hydroxyl groups is 1. The normalized spacial score (nSPS) is 12.1. The molecule has 40 heavy (non-hydrogen) atoms. The molecule has 10 nitrogen and oxygen atoms in total. The predicted octanol–water partition coefficient (Wildman–Crippen LogP) is 4.99. The van der Waals surface area contributed by atoms with E-state index in [1.807, 2.05) is 60.7 Å². The lowest BCUT2D eigenvalue weighted by Gasteiger charge is -2.14. The Morgan fingerprint density at radius 1 is 0.825 bits per heavy atom. The first-order chi connectivity index (χ1) is 19.7. The predicted molar refractivity (Wildman–Crippen MR) is 153 cm³/mol. The summed E-state index contributed by atoms with van der Waals surface area (Å²) in [5.74, 6) is 0.636. The maximum atomic E-state index is 10.6. The maximum absolute atomic E-state index is 10.6. The van der Waals surface area contributed by atoms with Crippen molar-refractivity contribution in [2.75, 3.05) is 5.32 Å². The molecule has 0 aliphatic rings. The van der Waals surface area contributed by atoms with Crippen molar-refractivity contribution in [3.8, 4) is 33.9 Å². The van der Waals surface area contributed by atoms with Crippen LogP contribution < -0.4 is 5.32 Å². The molecular formula is C30H23N9O. The van der Waals surface area contributed by atoms with Crippen LogP contribution in [0.25, 0.3) is 56.0 Å². The highest BCUT2D eigenvalue weighted by atomic mass is 16.3.